The summed E-state index contributed by atoms with van der Waals surface area (Å²) in [4.78, 5) is 12.5. The van der Waals surface area contributed by atoms with Gasteiger partial charge in [0.2, 0.25) is 5.91 Å². The van der Waals surface area contributed by atoms with E-state index in [1.807, 2.05) is 0 Å². The van der Waals surface area contributed by atoms with E-state index in [4.69, 9.17) is 23.2 Å². The second-order valence-electron chi connectivity index (χ2n) is 9.27. The first-order valence-corrected chi connectivity index (χ1v) is 12.2. The van der Waals surface area contributed by atoms with Gasteiger partial charge in [-0.05, 0) is 66.7 Å². The highest BCUT2D eigenvalue weighted by molar-refractivity contribution is 6.36. The molecule has 2 atom stereocenters. The molecule has 0 radical (unpaired) electrons. The quantitative estimate of drug-likeness (QED) is 0.515. The van der Waals surface area contributed by atoms with Crippen LogP contribution >= 0.6 is 23.2 Å². The molecule has 4 heteroatoms. The fourth-order valence-electron chi connectivity index (χ4n) is 5.46. The molecule has 3 aliphatic carbocycles. The van der Waals surface area contributed by atoms with Crippen molar-refractivity contribution in [3.05, 3.63) is 33.3 Å². The zero-order chi connectivity index (χ0) is 19.5. The van der Waals surface area contributed by atoms with E-state index in [2.05, 4.69) is 17.4 Å². The average molecular weight is 422 g/mol. The second-order valence-corrected chi connectivity index (χ2v) is 10.1. The van der Waals surface area contributed by atoms with Crippen LogP contribution in [0.25, 0.3) is 0 Å². The highest BCUT2D eigenvalue weighted by atomic mass is 35.5. The Morgan fingerprint density at radius 1 is 0.929 bits per heavy atom. The lowest BCUT2D eigenvalue weighted by atomic mass is 9.83. The zero-order valence-electron chi connectivity index (χ0n) is 16.8. The molecule has 1 amide bonds. The molecule has 1 N–H and O–H groups in total. The third-order valence-electron chi connectivity index (χ3n) is 7.25. The van der Waals surface area contributed by atoms with E-state index in [1.165, 1.54) is 64.2 Å². The number of carbonyl (C=O) groups is 1. The first-order chi connectivity index (χ1) is 13.6. The van der Waals surface area contributed by atoms with Crippen LogP contribution in [0.4, 0.5) is 0 Å². The molecule has 3 fully saturated rings. The van der Waals surface area contributed by atoms with Gasteiger partial charge in [0.05, 0.1) is 0 Å². The molecule has 0 heterocycles. The van der Waals surface area contributed by atoms with Crippen molar-refractivity contribution in [2.24, 2.45) is 11.8 Å². The van der Waals surface area contributed by atoms with Gasteiger partial charge in [-0.15, -0.1) is 0 Å². The molecule has 2 unspecified atom stereocenters. The molecule has 0 bridgehead atoms. The van der Waals surface area contributed by atoms with Gasteiger partial charge in [0.1, 0.15) is 0 Å². The van der Waals surface area contributed by atoms with Crippen LogP contribution in [-0.2, 0) is 4.79 Å². The van der Waals surface area contributed by atoms with Gasteiger partial charge in [0.15, 0.2) is 0 Å². The number of benzene rings is 1. The van der Waals surface area contributed by atoms with Crippen LogP contribution in [0.2, 0.25) is 10.0 Å². The summed E-state index contributed by atoms with van der Waals surface area (Å²) in [6.45, 7) is 0.828. The average Bonchev–Trinajstić information content (AvgIpc) is 3.50. The summed E-state index contributed by atoms with van der Waals surface area (Å²) >= 11 is 13.3. The molecule has 0 aromatic heterocycles. The van der Waals surface area contributed by atoms with Gasteiger partial charge in [0.25, 0.3) is 0 Å². The van der Waals surface area contributed by atoms with Crippen molar-refractivity contribution < 1.29 is 4.79 Å². The van der Waals surface area contributed by atoms with Gasteiger partial charge < -0.3 is 5.32 Å². The van der Waals surface area contributed by atoms with Crippen molar-refractivity contribution >= 4 is 29.1 Å². The highest BCUT2D eigenvalue weighted by Gasteiger charge is 2.44. The number of amides is 1. The number of halogens is 2. The van der Waals surface area contributed by atoms with E-state index in [-0.39, 0.29) is 17.7 Å². The second kappa shape index (κ2) is 9.39. The minimum Gasteiger partial charge on any atom is -0.356 e. The van der Waals surface area contributed by atoms with Crippen LogP contribution < -0.4 is 5.32 Å². The Morgan fingerprint density at radius 3 is 2.18 bits per heavy atom. The van der Waals surface area contributed by atoms with Crippen molar-refractivity contribution in [2.75, 3.05) is 6.54 Å². The maximum Gasteiger partial charge on any atom is 0.223 e. The lowest BCUT2D eigenvalue weighted by Gasteiger charge is -2.24. The fraction of sp³-hybridized carbons (Fsp3) is 0.708. The Labute approximate surface area is 179 Å². The number of nitrogens with one attached hydrogen (secondary N) is 1. The van der Waals surface area contributed by atoms with E-state index >= 15 is 0 Å². The van der Waals surface area contributed by atoms with E-state index in [1.54, 1.807) is 0 Å². The van der Waals surface area contributed by atoms with Crippen LogP contribution in [0.15, 0.2) is 12.1 Å². The van der Waals surface area contributed by atoms with Crippen molar-refractivity contribution in [1.82, 2.24) is 5.32 Å². The van der Waals surface area contributed by atoms with E-state index in [0.717, 1.165) is 46.5 Å². The smallest absolute Gasteiger partial charge is 0.223 e. The summed E-state index contributed by atoms with van der Waals surface area (Å²) in [6, 6.07) is 4.16. The predicted molar refractivity (Wildman–Crippen MR) is 117 cm³/mol. The molecule has 1 aromatic carbocycles. The van der Waals surface area contributed by atoms with Crippen LogP contribution in [0, 0.1) is 11.8 Å². The molecule has 4 rings (SSSR count). The van der Waals surface area contributed by atoms with E-state index < -0.39 is 0 Å². The third kappa shape index (κ3) is 4.87. The molecular weight excluding hydrogens is 389 g/mol. The predicted octanol–water partition coefficient (Wildman–Crippen LogP) is 7.23. The number of hydrogen-bond donors (Lipinski definition) is 1. The molecule has 3 aliphatic rings. The van der Waals surface area contributed by atoms with Gasteiger partial charge in [-0.2, -0.15) is 0 Å². The summed E-state index contributed by atoms with van der Waals surface area (Å²) in [5.41, 5.74) is 2.28. The monoisotopic (exact) mass is 421 g/mol. The standard InChI is InChI=1S/C24H33Cl2NO/c25-21-13-18(14-22(26)23(21)17-9-5-2-6-10-17)19-15-20(19)24(28)27-12-11-16-7-3-1-4-8-16/h13-14,16-17,19-20H,1-12,15H2,(H,27,28). The topological polar surface area (TPSA) is 29.1 Å². The van der Waals surface area contributed by atoms with Crippen molar-refractivity contribution in [2.45, 2.75) is 88.9 Å². The fourth-order valence-corrected chi connectivity index (χ4v) is 6.27. The van der Waals surface area contributed by atoms with E-state index in [0.29, 0.717) is 5.92 Å². The lowest BCUT2D eigenvalue weighted by Crippen LogP contribution is -2.28. The molecule has 154 valence electrons. The van der Waals surface area contributed by atoms with Gasteiger partial charge >= 0.3 is 0 Å². The van der Waals surface area contributed by atoms with Gasteiger partial charge in [0, 0.05) is 22.5 Å². The first-order valence-electron chi connectivity index (χ1n) is 11.4. The molecular formula is C24H33Cl2NO. The van der Waals surface area contributed by atoms with E-state index in [9.17, 15) is 4.79 Å². The molecule has 2 nitrogen and oxygen atoms in total. The molecule has 0 aliphatic heterocycles. The molecule has 3 saturated carbocycles. The Hall–Kier alpha value is -0.730. The van der Waals surface area contributed by atoms with Gasteiger partial charge in [-0.3, -0.25) is 4.79 Å². The maximum absolute atomic E-state index is 12.5. The Kier molecular flexibility index (Phi) is 6.89. The summed E-state index contributed by atoms with van der Waals surface area (Å²) in [7, 11) is 0. The van der Waals surface area contributed by atoms with Crippen LogP contribution in [0.5, 0.6) is 0 Å². The summed E-state index contributed by atoms with van der Waals surface area (Å²) in [5, 5.41) is 4.79. The van der Waals surface area contributed by atoms with Crippen LogP contribution in [0.1, 0.15) is 100 Å². The van der Waals surface area contributed by atoms with Crippen LogP contribution in [-0.4, -0.2) is 12.5 Å². The first kappa shape index (κ1) is 20.5. The number of carbonyl (C=O) groups excluding carboxylic acids is 1. The minimum absolute atomic E-state index is 0.0963. The van der Waals surface area contributed by atoms with Crippen LogP contribution in [0.3, 0.4) is 0 Å². The van der Waals surface area contributed by atoms with Crippen molar-refractivity contribution in [3.8, 4) is 0 Å². The van der Waals surface area contributed by atoms with Gasteiger partial charge in [-0.1, -0.05) is 74.6 Å². The van der Waals surface area contributed by atoms with Crippen molar-refractivity contribution in [3.63, 3.8) is 0 Å². The Bertz CT molecular complexity index is 669. The third-order valence-corrected chi connectivity index (χ3v) is 7.87. The molecule has 1 aromatic rings. The SMILES string of the molecule is O=C(NCCC1CCCCC1)C1CC1c1cc(Cl)c(C2CCCCC2)c(Cl)c1. The maximum atomic E-state index is 12.5. The minimum atomic E-state index is 0.0963. The Balaban J connectivity index is 1.31. The van der Waals surface area contributed by atoms with Gasteiger partial charge in [-0.25, -0.2) is 0 Å². The highest BCUT2D eigenvalue weighted by Crippen LogP contribution is 2.50. The summed E-state index contributed by atoms with van der Waals surface area (Å²) in [6.07, 6.45) is 15.1. The lowest BCUT2D eigenvalue weighted by molar-refractivity contribution is -0.122. The summed E-state index contributed by atoms with van der Waals surface area (Å²) < 4.78 is 0. The largest absolute Gasteiger partial charge is 0.356 e. The number of hydrogen-bond acceptors (Lipinski definition) is 1. The Morgan fingerprint density at radius 2 is 1.54 bits per heavy atom. The summed E-state index contributed by atoms with van der Waals surface area (Å²) in [5.74, 6) is 1.91. The molecule has 28 heavy (non-hydrogen) atoms. The molecule has 0 spiro atoms. The van der Waals surface area contributed by atoms with Crippen molar-refractivity contribution in [1.29, 1.82) is 0 Å². The normalized spacial score (nSPS) is 26.2. The zero-order valence-corrected chi connectivity index (χ0v) is 18.3. The molecule has 0 saturated heterocycles. The number of rotatable bonds is 6.